The van der Waals surface area contributed by atoms with Crippen molar-refractivity contribution in [3.05, 3.63) is 36.7 Å². The van der Waals surface area contributed by atoms with Gasteiger partial charge in [-0.25, -0.2) is 24.4 Å². The average molecular weight is 747 g/mol. The molecule has 11 nitrogen and oxygen atoms in total. The molecule has 3 saturated carbocycles. The molecule has 0 unspecified atom stereocenters. The molecule has 2 aromatic rings. The quantitative estimate of drug-likeness (QED) is 0.199. The molecule has 0 amide bonds. The molecule has 54 heavy (non-hydrogen) atoms. The second-order valence-electron chi connectivity index (χ2n) is 20.7. The Morgan fingerprint density at radius 3 is 2.39 bits per heavy atom. The van der Waals surface area contributed by atoms with Gasteiger partial charge >= 0.3 is 6.16 Å². The van der Waals surface area contributed by atoms with Crippen LogP contribution in [0.25, 0.3) is 11.4 Å². The van der Waals surface area contributed by atoms with Crippen molar-refractivity contribution in [2.24, 2.45) is 61.9 Å². The minimum absolute atomic E-state index is 0.158. The molecule has 11 heteroatoms. The lowest BCUT2D eigenvalue weighted by Crippen LogP contribution is -2.70. The summed E-state index contributed by atoms with van der Waals surface area (Å²) in [6.45, 7) is 26.5. The summed E-state index contributed by atoms with van der Waals surface area (Å²) in [5.41, 5.74) is 7.14. The Kier molecular flexibility index (Phi) is 9.53. The number of nitrogens with zero attached hydrogens (tertiary/aromatic N) is 5. The van der Waals surface area contributed by atoms with Crippen LogP contribution in [0.5, 0.6) is 0 Å². The number of carboxylic acid groups (broad SMARTS) is 1. The third-order valence-corrected chi connectivity index (χ3v) is 16.9. The second kappa shape index (κ2) is 13.1. The van der Waals surface area contributed by atoms with Gasteiger partial charge in [-0.3, -0.25) is 0 Å². The van der Waals surface area contributed by atoms with Gasteiger partial charge in [0.15, 0.2) is 5.82 Å². The first-order valence-electron chi connectivity index (χ1n) is 20.4. The summed E-state index contributed by atoms with van der Waals surface area (Å²) in [5.74, 6) is 2.01. The Labute approximate surface area is 322 Å². The van der Waals surface area contributed by atoms with Gasteiger partial charge in [0.2, 0.25) is 0 Å². The first-order valence-corrected chi connectivity index (χ1v) is 20.4. The van der Waals surface area contributed by atoms with Gasteiger partial charge in [0.1, 0.15) is 18.8 Å². The van der Waals surface area contributed by atoms with E-state index in [4.69, 9.17) is 30.0 Å². The zero-order chi connectivity index (χ0) is 39.3. The van der Waals surface area contributed by atoms with Crippen molar-refractivity contribution < 1.29 is 24.1 Å². The van der Waals surface area contributed by atoms with Crippen LogP contribution in [0.15, 0.2) is 36.7 Å². The van der Waals surface area contributed by atoms with Crippen LogP contribution in [-0.2, 0) is 14.2 Å². The van der Waals surface area contributed by atoms with Crippen LogP contribution in [0.4, 0.5) is 4.79 Å². The third kappa shape index (κ3) is 5.63. The highest BCUT2D eigenvalue weighted by Crippen LogP contribution is 2.74. The summed E-state index contributed by atoms with van der Waals surface area (Å²) in [5, 5.41) is 15.2. The highest BCUT2D eigenvalue weighted by Gasteiger charge is 2.72. The first-order chi connectivity index (χ1) is 25.2. The Morgan fingerprint density at radius 2 is 1.74 bits per heavy atom. The molecule has 4 fully saturated rings. The number of aromatic nitrogens is 5. The molecule has 2 bridgehead atoms. The number of hydrogen-bond acceptors (Lipinski definition) is 9. The second-order valence-corrected chi connectivity index (χ2v) is 20.7. The number of ether oxygens (including phenoxy) is 3. The topological polar surface area (TPSA) is 148 Å². The van der Waals surface area contributed by atoms with Crippen molar-refractivity contribution in [2.75, 3.05) is 19.8 Å². The van der Waals surface area contributed by atoms with Gasteiger partial charge in [-0.1, -0.05) is 80.9 Å². The number of rotatable bonds is 8. The van der Waals surface area contributed by atoms with E-state index in [0.717, 1.165) is 49.9 Å². The largest absolute Gasteiger partial charge is 0.506 e. The summed E-state index contributed by atoms with van der Waals surface area (Å²) in [6.07, 6.45) is 13.0. The van der Waals surface area contributed by atoms with Gasteiger partial charge < -0.3 is 25.1 Å². The van der Waals surface area contributed by atoms with Gasteiger partial charge in [-0.05, 0) is 80.0 Å². The molecule has 1 saturated heterocycles. The smallest absolute Gasteiger partial charge is 0.450 e. The van der Waals surface area contributed by atoms with E-state index in [1.54, 1.807) is 18.7 Å². The number of hydrogen-bond donors (Lipinski definition) is 2. The fraction of sp³-hybridized carbons (Fsp3) is 0.791. The third-order valence-electron chi connectivity index (χ3n) is 16.9. The Balaban J connectivity index is 1.35. The van der Waals surface area contributed by atoms with Crippen LogP contribution in [0.3, 0.4) is 0 Å². The summed E-state index contributed by atoms with van der Waals surface area (Å²) < 4.78 is 22.2. The molecular weight excluding hydrogens is 681 g/mol. The summed E-state index contributed by atoms with van der Waals surface area (Å²) in [6, 6.07) is -0.158. The van der Waals surface area contributed by atoms with Crippen LogP contribution >= 0.6 is 0 Å². The van der Waals surface area contributed by atoms with Gasteiger partial charge in [0.25, 0.3) is 0 Å². The first kappa shape index (κ1) is 39.3. The Bertz CT molecular complexity index is 1760. The molecule has 3 N–H and O–H groups in total. The van der Waals surface area contributed by atoms with E-state index in [1.165, 1.54) is 11.9 Å². The van der Waals surface area contributed by atoms with Crippen LogP contribution in [0, 0.1) is 56.2 Å². The van der Waals surface area contributed by atoms with Crippen molar-refractivity contribution in [1.82, 2.24) is 24.7 Å². The predicted octanol–water partition coefficient (Wildman–Crippen LogP) is 8.38. The molecule has 4 aliphatic carbocycles. The maximum Gasteiger partial charge on any atom is 0.506 e. The van der Waals surface area contributed by atoms with Crippen molar-refractivity contribution >= 4 is 6.16 Å². The molecule has 0 aromatic carbocycles. The standard InChI is InChI=1S/C43H66N6O5/c1-26(2)27(3)38(7)16-17-40(9)29-12-13-32-39(8)21-52-23-43(32,30(29)14-15-41(40,10)35(38)54-36(50)51)18-31(33(39)53-22-42(11,44)37(4,5)6)49-34(47-25-48-49)28-19-45-24-46-20-28/h14,19-20,24-27,29,31-33,35H,12-13,15-18,21-23,44H2,1-11H3,(H,50,51)/t27-,29+,31-,32+,33+,35-,38-,39-,40-,41-,42+,43+/m1/s1. The molecule has 0 spiro atoms. The van der Waals surface area contributed by atoms with Gasteiger partial charge in [-0.2, -0.15) is 5.10 Å². The van der Waals surface area contributed by atoms with Crippen molar-refractivity contribution in [2.45, 2.75) is 138 Å². The van der Waals surface area contributed by atoms with E-state index in [2.05, 4.69) is 96.9 Å². The van der Waals surface area contributed by atoms with Crippen molar-refractivity contribution in [1.29, 1.82) is 0 Å². The number of fused-ring (bicyclic) bond motifs is 3. The Morgan fingerprint density at radius 1 is 1.04 bits per heavy atom. The molecule has 5 aliphatic rings. The summed E-state index contributed by atoms with van der Waals surface area (Å²) in [7, 11) is 0. The van der Waals surface area contributed by atoms with Gasteiger partial charge in [-0.15, -0.1) is 0 Å². The van der Waals surface area contributed by atoms with E-state index in [-0.39, 0.29) is 50.6 Å². The van der Waals surface area contributed by atoms with E-state index < -0.39 is 17.8 Å². The lowest BCUT2D eigenvalue weighted by Gasteiger charge is -2.71. The van der Waals surface area contributed by atoms with Crippen molar-refractivity contribution in [3.63, 3.8) is 0 Å². The summed E-state index contributed by atoms with van der Waals surface area (Å²) >= 11 is 0. The molecule has 1 aliphatic heterocycles. The zero-order valence-corrected chi connectivity index (χ0v) is 34.7. The predicted molar refractivity (Wildman–Crippen MR) is 207 cm³/mol. The van der Waals surface area contributed by atoms with Crippen LogP contribution in [-0.4, -0.2) is 73.6 Å². The fourth-order valence-corrected chi connectivity index (χ4v) is 12.4. The lowest BCUT2D eigenvalue weighted by molar-refractivity contribution is -0.257. The normalized spacial score (nSPS) is 40.8. The molecule has 2 aromatic heterocycles. The van der Waals surface area contributed by atoms with Crippen LogP contribution in [0.2, 0.25) is 0 Å². The van der Waals surface area contributed by atoms with E-state index in [9.17, 15) is 9.90 Å². The minimum Gasteiger partial charge on any atom is -0.450 e. The van der Waals surface area contributed by atoms with E-state index in [1.807, 2.05) is 0 Å². The molecule has 12 atom stereocenters. The van der Waals surface area contributed by atoms with Gasteiger partial charge in [0.05, 0.1) is 37.5 Å². The SMILES string of the molecule is CC(C)[C@@H](C)[C@@]1(C)CC[C@]2(C)[C@H]3CC[C@@H]4[C@@]5(COC[C@@]4(C)[C@@H](OC[C@](C)(N)C(C)(C)C)[C@H](n4ncnc4-c4cncnc4)C5)C3=CC[C@]2(C)[C@@H]1OC(=O)O. The Hall–Kier alpha value is -2.89. The highest BCUT2D eigenvalue weighted by atomic mass is 16.7. The monoisotopic (exact) mass is 747 g/mol. The minimum atomic E-state index is -1.17. The zero-order valence-electron chi connectivity index (χ0n) is 34.7. The number of nitrogens with two attached hydrogens (primary N) is 1. The van der Waals surface area contributed by atoms with Crippen LogP contribution in [0.1, 0.15) is 121 Å². The maximum absolute atomic E-state index is 12.5. The van der Waals surface area contributed by atoms with E-state index in [0.29, 0.717) is 37.6 Å². The highest BCUT2D eigenvalue weighted by molar-refractivity contribution is 5.57. The molecular formula is C43H66N6O5. The van der Waals surface area contributed by atoms with Crippen LogP contribution < -0.4 is 5.73 Å². The number of carbonyl (C=O) groups is 1. The molecule has 0 radical (unpaired) electrons. The van der Waals surface area contributed by atoms with Gasteiger partial charge in [0, 0.05) is 39.6 Å². The molecule has 3 heterocycles. The maximum atomic E-state index is 12.5. The fourth-order valence-electron chi connectivity index (χ4n) is 12.4. The molecule has 7 rings (SSSR count). The van der Waals surface area contributed by atoms with Crippen molar-refractivity contribution in [3.8, 4) is 11.4 Å². The summed E-state index contributed by atoms with van der Waals surface area (Å²) in [4.78, 5) is 25.9. The lowest BCUT2D eigenvalue weighted by atomic mass is 9.35. The average Bonchev–Trinajstić information content (AvgIpc) is 3.59. The van der Waals surface area contributed by atoms with E-state index >= 15 is 0 Å². The molecule has 298 valence electrons. The number of allylic oxidation sites excluding steroid dienone is 1.